The van der Waals surface area contributed by atoms with Gasteiger partial charge in [-0.2, -0.15) is 5.26 Å². The van der Waals surface area contributed by atoms with Crippen molar-refractivity contribution in [3.63, 3.8) is 0 Å². The van der Waals surface area contributed by atoms with Gasteiger partial charge in [-0.15, -0.1) is 0 Å². The Morgan fingerprint density at radius 2 is 1.76 bits per heavy atom. The second kappa shape index (κ2) is 4.34. The Labute approximate surface area is 97.9 Å². The summed E-state index contributed by atoms with van der Waals surface area (Å²) in [5.74, 6) is -0.993. The van der Waals surface area contributed by atoms with E-state index in [-0.39, 0.29) is 5.56 Å². The van der Waals surface area contributed by atoms with Crippen LogP contribution in [0, 0.1) is 29.9 Å². The molecule has 2 aromatic carbocycles. The quantitative estimate of drug-likeness (QED) is 0.729. The number of halogens is 2. The molecule has 84 valence electrons. The van der Waals surface area contributed by atoms with Crippen molar-refractivity contribution in [1.29, 1.82) is 5.26 Å². The van der Waals surface area contributed by atoms with Crippen LogP contribution in [0.5, 0.6) is 0 Å². The van der Waals surface area contributed by atoms with E-state index in [1.165, 1.54) is 0 Å². The van der Waals surface area contributed by atoms with Crippen LogP contribution in [0.25, 0.3) is 11.1 Å². The number of hydrogen-bond donors (Lipinski definition) is 0. The van der Waals surface area contributed by atoms with Crippen molar-refractivity contribution in [2.45, 2.75) is 6.92 Å². The maximum absolute atomic E-state index is 13.6. The molecule has 3 heteroatoms. The van der Waals surface area contributed by atoms with Gasteiger partial charge in [0.25, 0.3) is 0 Å². The molecular formula is C14H9F2N. The Kier molecular flexibility index (Phi) is 2.88. The lowest BCUT2D eigenvalue weighted by Gasteiger charge is -2.07. The molecule has 2 aromatic rings. The summed E-state index contributed by atoms with van der Waals surface area (Å²) in [6.45, 7) is 1.79. The summed E-state index contributed by atoms with van der Waals surface area (Å²) in [5.41, 5.74) is 1.95. The van der Waals surface area contributed by atoms with Gasteiger partial charge in [0.15, 0.2) is 0 Å². The van der Waals surface area contributed by atoms with Crippen molar-refractivity contribution in [3.8, 4) is 17.2 Å². The van der Waals surface area contributed by atoms with Gasteiger partial charge >= 0.3 is 0 Å². The molecule has 0 amide bonds. The molecule has 0 aliphatic carbocycles. The van der Waals surface area contributed by atoms with E-state index in [0.717, 1.165) is 23.8 Å². The van der Waals surface area contributed by atoms with Gasteiger partial charge < -0.3 is 0 Å². The zero-order chi connectivity index (χ0) is 12.4. The Bertz CT molecular complexity index is 612. The van der Waals surface area contributed by atoms with Crippen molar-refractivity contribution in [1.82, 2.24) is 0 Å². The number of aryl methyl sites for hydroxylation is 1. The van der Waals surface area contributed by atoms with Gasteiger partial charge in [0.05, 0.1) is 11.6 Å². The van der Waals surface area contributed by atoms with Gasteiger partial charge in [0.2, 0.25) is 0 Å². The molecule has 0 aromatic heterocycles. The third-order valence-electron chi connectivity index (χ3n) is 2.59. The van der Waals surface area contributed by atoms with Crippen LogP contribution in [0.1, 0.15) is 11.1 Å². The fraction of sp³-hybridized carbons (Fsp3) is 0.0714. The molecule has 0 heterocycles. The molecule has 0 saturated carbocycles. The van der Waals surface area contributed by atoms with Crippen LogP contribution >= 0.6 is 0 Å². The molecule has 0 aliphatic rings. The number of rotatable bonds is 1. The highest BCUT2D eigenvalue weighted by Gasteiger charge is 2.09. The third kappa shape index (κ3) is 2.16. The van der Waals surface area contributed by atoms with Gasteiger partial charge in [-0.05, 0) is 48.4 Å². The molecule has 0 saturated heterocycles. The van der Waals surface area contributed by atoms with Crippen molar-refractivity contribution in [2.24, 2.45) is 0 Å². The Balaban J connectivity index is 2.68. The molecule has 0 fully saturated rings. The molecule has 0 unspecified atom stereocenters. The van der Waals surface area contributed by atoms with Crippen molar-refractivity contribution in [2.75, 3.05) is 0 Å². The Morgan fingerprint density at radius 1 is 1.00 bits per heavy atom. The largest absolute Gasteiger partial charge is 0.207 e. The van der Waals surface area contributed by atoms with Crippen molar-refractivity contribution in [3.05, 3.63) is 59.2 Å². The molecule has 0 spiro atoms. The molecule has 17 heavy (non-hydrogen) atoms. The number of nitriles is 1. The average Bonchev–Trinajstić information content (AvgIpc) is 2.33. The predicted octanol–water partition coefficient (Wildman–Crippen LogP) is 3.81. The number of benzene rings is 2. The summed E-state index contributed by atoms with van der Waals surface area (Å²) in [6, 6.07) is 10.2. The normalized spacial score (nSPS) is 10.0. The summed E-state index contributed by atoms with van der Waals surface area (Å²) in [5, 5.41) is 8.81. The molecule has 2 rings (SSSR count). The van der Waals surface area contributed by atoms with Gasteiger partial charge in [-0.3, -0.25) is 0 Å². The molecule has 0 N–H and O–H groups in total. The Morgan fingerprint density at radius 3 is 2.47 bits per heavy atom. The van der Waals surface area contributed by atoms with Crippen LogP contribution in [0.2, 0.25) is 0 Å². The molecule has 0 radical (unpaired) electrons. The van der Waals surface area contributed by atoms with Gasteiger partial charge in [0.1, 0.15) is 11.6 Å². The molecule has 0 aliphatic heterocycles. The lowest BCUT2D eigenvalue weighted by atomic mass is 9.98. The van der Waals surface area contributed by atoms with E-state index in [1.54, 1.807) is 25.1 Å². The summed E-state index contributed by atoms with van der Waals surface area (Å²) >= 11 is 0. The lowest BCUT2D eigenvalue weighted by Crippen LogP contribution is -1.90. The average molecular weight is 229 g/mol. The topological polar surface area (TPSA) is 23.8 Å². The van der Waals surface area contributed by atoms with Crippen molar-refractivity contribution >= 4 is 0 Å². The van der Waals surface area contributed by atoms with E-state index in [1.807, 2.05) is 6.07 Å². The summed E-state index contributed by atoms with van der Waals surface area (Å²) in [4.78, 5) is 0. The third-order valence-corrected chi connectivity index (χ3v) is 2.59. The highest BCUT2D eigenvalue weighted by molar-refractivity contribution is 5.69. The monoisotopic (exact) mass is 229 g/mol. The first-order valence-corrected chi connectivity index (χ1v) is 5.08. The second-order valence-corrected chi connectivity index (χ2v) is 3.77. The first kappa shape index (κ1) is 11.3. The second-order valence-electron chi connectivity index (χ2n) is 3.77. The zero-order valence-corrected chi connectivity index (χ0v) is 9.17. The molecular weight excluding hydrogens is 220 g/mol. The van der Waals surface area contributed by atoms with E-state index in [2.05, 4.69) is 0 Å². The fourth-order valence-electron chi connectivity index (χ4n) is 1.69. The highest BCUT2D eigenvalue weighted by Crippen LogP contribution is 2.27. The highest BCUT2D eigenvalue weighted by atomic mass is 19.1. The number of nitrogens with zero attached hydrogens (tertiary/aromatic N) is 1. The van der Waals surface area contributed by atoms with E-state index < -0.39 is 11.6 Å². The molecule has 1 nitrogen and oxygen atoms in total. The smallest absolute Gasteiger partial charge is 0.131 e. The predicted molar refractivity (Wildman–Crippen MR) is 61.2 cm³/mol. The van der Waals surface area contributed by atoms with E-state index >= 15 is 0 Å². The van der Waals surface area contributed by atoms with Gasteiger partial charge in [-0.25, -0.2) is 8.78 Å². The van der Waals surface area contributed by atoms with Gasteiger partial charge in [0, 0.05) is 5.56 Å². The van der Waals surface area contributed by atoms with E-state index in [9.17, 15) is 8.78 Å². The minimum absolute atomic E-state index is 0.180. The maximum Gasteiger partial charge on any atom is 0.131 e. The fourth-order valence-corrected chi connectivity index (χ4v) is 1.69. The van der Waals surface area contributed by atoms with Gasteiger partial charge in [-0.1, -0.05) is 6.07 Å². The van der Waals surface area contributed by atoms with E-state index in [0.29, 0.717) is 11.1 Å². The number of hydrogen-bond acceptors (Lipinski definition) is 1. The summed E-state index contributed by atoms with van der Waals surface area (Å²) in [7, 11) is 0. The maximum atomic E-state index is 13.6. The molecule has 0 bridgehead atoms. The first-order valence-electron chi connectivity index (χ1n) is 5.08. The Hall–Kier alpha value is -2.21. The van der Waals surface area contributed by atoms with Crippen molar-refractivity contribution < 1.29 is 8.78 Å². The summed E-state index contributed by atoms with van der Waals surface area (Å²) < 4.78 is 26.7. The van der Waals surface area contributed by atoms with Crippen LogP contribution < -0.4 is 0 Å². The van der Waals surface area contributed by atoms with Crippen LogP contribution in [-0.2, 0) is 0 Å². The zero-order valence-electron chi connectivity index (χ0n) is 9.17. The standard InChI is InChI=1S/C14H9F2N/c1-9-2-3-10(8-17)6-12(9)13-7-11(15)4-5-14(13)16/h2-7H,1H3. The van der Waals surface area contributed by atoms with Crippen LogP contribution in [0.15, 0.2) is 36.4 Å². The summed E-state index contributed by atoms with van der Waals surface area (Å²) in [6.07, 6.45) is 0. The minimum atomic E-state index is -0.497. The first-order chi connectivity index (χ1) is 8.11. The van der Waals surface area contributed by atoms with E-state index in [4.69, 9.17) is 5.26 Å². The molecule has 0 atom stereocenters. The lowest BCUT2D eigenvalue weighted by molar-refractivity contribution is 0.603. The van der Waals surface area contributed by atoms with Crippen LogP contribution in [0.4, 0.5) is 8.78 Å². The van der Waals surface area contributed by atoms with Crippen LogP contribution in [-0.4, -0.2) is 0 Å². The van der Waals surface area contributed by atoms with Crippen LogP contribution in [0.3, 0.4) is 0 Å². The minimum Gasteiger partial charge on any atom is -0.207 e. The SMILES string of the molecule is Cc1ccc(C#N)cc1-c1cc(F)ccc1F.